The Morgan fingerprint density at radius 3 is 2.89 bits per heavy atom. The molecule has 0 saturated heterocycles. The Hall–Kier alpha value is -2.21. The van der Waals surface area contributed by atoms with Crippen LogP contribution in [0.4, 0.5) is 5.69 Å². The molecular formula is C12H10N4OS. The molecule has 3 aromatic rings. The second-order valence-electron chi connectivity index (χ2n) is 3.80. The van der Waals surface area contributed by atoms with Crippen molar-refractivity contribution >= 4 is 17.0 Å². The lowest BCUT2D eigenvalue weighted by Gasteiger charge is -1.92. The minimum atomic E-state index is 0.436. The monoisotopic (exact) mass is 258 g/mol. The molecule has 0 fully saturated rings. The maximum atomic E-state index is 5.95. The van der Waals surface area contributed by atoms with E-state index in [-0.39, 0.29) is 0 Å². The summed E-state index contributed by atoms with van der Waals surface area (Å²) < 4.78 is 5.23. The van der Waals surface area contributed by atoms with Crippen LogP contribution in [-0.4, -0.2) is 15.1 Å². The number of anilines is 1. The molecule has 2 N–H and O–H groups in total. The average molecular weight is 258 g/mol. The first-order chi connectivity index (χ1) is 8.75. The van der Waals surface area contributed by atoms with Gasteiger partial charge in [-0.1, -0.05) is 11.2 Å². The predicted octanol–water partition coefficient (Wildman–Crippen LogP) is 2.75. The fourth-order valence-electron chi connectivity index (χ4n) is 1.53. The first-order valence-corrected chi connectivity index (χ1v) is 6.22. The summed E-state index contributed by atoms with van der Waals surface area (Å²) in [7, 11) is 0. The van der Waals surface area contributed by atoms with Crippen LogP contribution in [0, 0.1) is 6.92 Å². The molecule has 0 bridgehead atoms. The summed E-state index contributed by atoms with van der Waals surface area (Å²) in [6.07, 6.45) is 1.69. The Morgan fingerprint density at radius 2 is 2.22 bits per heavy atom. The summed E-state index contributed by atoms with van der Waals surface area (Å²) in [5.74, 6) is 0.905. The van der Waals surface area contributed by atoms with Gasteiger partial charge in [-0.05, 0) is 30.0 Å². The van der Waals surface area contributed by atoms with E-state index in [4.69, 9.17) is 10.3 Å². The third-order valence-corrected chi connectivity index (χ3v) is 3.64. The molecule has 0 saturated carbocycles. The molecule has 5 nitrogen and oxygen atoms in total. The van der Waals surface area contributed by atoms with Crippen LogP contribution in [0.2, 0.25) is 0 Å². The van der Waals surface area contributed by atoms with E-state index in [0.29, 0.717) is 23.1 Å². The highest BCUT2D eigenvalue weighted by atomic mass is 32.1. The number of nitrogen functional groups attached to an aromatic ring is 1. The van der Waals surface area contributed by atoms with E-state index in [1.165, 1.54) is 11.3 Å². The van der Waals surface area contributed by atoms with Gasteiger partial charge in [-0.25, -0.2) is 0 Å². The number of thiophene rings is 1. The van der Waals surface area contributed by atoms with Gasteiger partial charge in [0.15, 0.2) is 0 Å². The molecule has 0 spiro atoms. The van der Waals surface area contributed by atoms with E-state index in [9.17, 15) is 0 Å². The number of nitrogens with two attached hydrogens (primary N) is 1. The van der Waals surface area contributed by atoms with Crippen molar-refractivity contribution in [2.75, 3.05) is 5.73 Å². The van der Waals surface area contributed by atoms with Gasteiger partial charge >= 0.3 is 0 Å². The molecule has 0 aliphatic rings. The second-order valence-corrected chi connectivity index (χ2v) is 4.68. The minimum Gasteiger partial charge on any atom is -0.397 e. The minimum absolute atomic E-state index is 0.436. The molecule has 6 heteroatoms. The zero-order valence-corrected chi connectivity index (χ0v) is 10.4. The Bertz CT molecular complexity index is 674. The zero-order valence-electron chi connectivity index (χ0n) is 9.62. The third kappa shape index (κ3) is 1.76. The van der Waals surface area contributed by atoms with Crippen molar-refractivity contribution in [2.45, 2.75) is 6.92 Å². The SMILES string of the molecule is Cc1csc(-c2nc(-c3ccccn3)no2)c1N. The summed E-state index contributed by atoms with van der Waals surface area (Å²) in [4.78, 5) is 9.29. The lowest BCUT2D eigenvalue weighted by molar-refractivity contribution is 0.433. The van der Waals surface area contributed by atoms with Crippen molar-refractivity contribution in [1.29, 1.82) is 0 Å². The number of nitrogens with zero attached hydrogens (tertiary/aromatic N) is 3. The quantitative estimate of drug-likeness (QED) is 0.764. The summed E-state index contributed by atoms with van der Waals surface area (Å²) in [5, 5.41) is 5.88. The van der Waals surface area contributed by atoms with Gasteiger partial charge in [0, 0.05) is 6.20 Å². The van der Waals surface area contributed by atoms with Crippen molar-refractivity contribution in [2.24, 2.45) is 0 Å². The van der Waals surface area contributed by atoms with E-state index in [0.717, 1.165) is 10.4 Å². The molecule has 18 heavy (non-hydrogen) atoms. The van der Waals surface area contributed by atoms with Crippen molar-refractivity contribution in [3.05, 3.63) is 35.3 Å². The highest BCUT2D eigenvalue weighted by molar-refractivity contribution is 7.14. The summed E-state index contributed by atoms with van der Waals surface area (Å²) in [6, 6.07) is 5.55. The fraction of sp³-hybridized carbons (Fsp3) is 0.0833. The highest BCUT2D eigenvalue weighted by Gasteiger charge is 2.16. The van der Waals surface area contributed by atoms with Gasteiger partial charge in [0.25, 0.3) is 5.89 Å². The number of pyridine rings is 1. The normalized spacial score (nSPS) is 10.7. The predicted molar refractivity (Wildman–Crippen MR) is 70.0 cm³/mol. The van der Waals surface area contributed by atoms with Crippen molar-refractivity contribution in [3.63, 3.8) is 0 Å². The average Bonchev–Trinajstić information content (AvgIpc) is 3.00. The highest BCUT2D eigenvalue weighted by Crippen LogP contribution is 2.34. The van der Waals surface area contributed by atoms with Gasteiger partial charge in [-0.3, -0.25) is 4.98 Å². The van der Waals surface area contributed by atoms with Gasteiger partial charge in [0.1, 0.15) is 10.6 Å². The maximum absolute atomic E-state index is 5.95. The molecule has 3 aromatic heterocycles. The molecule has 0 amide bonds. The molecule has 0 aromatic carbocycles. The molecule has 0 unspecified atom stereocenters. The summed E-state index contributed by atoms with van der Waals surface area (Å²) in [6.45, 7) is 1.95. The zero-order chi connectivity index (χ0) is 12.5. The molecule has 0 atom stereocenters. The van der Waals surface area contributed by atoms with Crippen LogP contribution >= 0.6 is 11.3 Å². The Balaban J connectivity index is 2.02. The van der Waals surface area contributed by atoms with Gasteiger partial charge in [0.05, 0.1) is 5.69 Å². The van der Waals surface area contributed by atoms with E-state index in [1.54, 1.807) is 6.20 Å². The van der Waals surface area contributed by atoms with Gasteiger partial charge in [-0.2, -0.15) is 4.98 Å². The van der Waals surface area contributed by atoms with Crippen LogP contribution in [0.15, 0.2) is 34.3 Å². The van der Waals surface area contributed by atoms with E-state index < -0.39 is 0 Å². The van der Waals surface area contributed by atoms with Crippen molar-refractivity contribution in [3.8, 4) is 22.3 Å². The van der Waals surface area contributed by atoms with Crippen LogP contribution in [0.5, 0.6) is 0 Å². The molecule has 3 rings (SSSR count). The number of hydrogen-bond donors (Lipinski definition) is 1. The van der Waals surface area contributed by atoms with E-state index in [1.807, 2.05) is 30.5 Å². The lowest BCUT2D eigenvalue weighted by Crippen LogP contribution is -1.87. The van der Waals surface area contributed by atoms with Crippen LogP contribution < -0.4 is 5.73 Å². The lowest BCUT2D eigenvalue weighted by atomic mass is 10.3. The van der Waals surface area contributed by atoms with Crippen molar-refractivity contribution in [1.82, 2.24) is 15.1 Å². The summed E-state index contributed by atoms with van der Waals surface area (Å²) >= 11 is 1.50. The number of hydrogen-bond acceptors (Lipinski definition) is 6. The molecular weight excluding hydrogens is 248 g/mol. The van der Waals surface area contributed by atoms with Crippen LogP contribution in [0.1, 0.15) is 5.56 Å². The molecule has 0 radical (unpaired) electrons. The van der Waals surface area contributed by atoms with Crippen molar-refractivity contribution < 1.29 is 4.52 Å². The topological polar surface area (TPSA) is 77.8 Å². The van der Waals surface area contributed by atoms with Crippen LogP contribution in [0.3, 0.4) is 0 Å². The maximum Gasteiger partial charge on any atom is 0.270 e. The number of aromatic nitrogens is 3. The smallest absolute Gasteiger partial charge is 0.270 e. The van der Waals surface area contributed by atoms with E-state index >= 15 is 0 Å². The first-order valence-electron chi connectivity index (χ1n) is 5.35. The van der Waals surface area contributed by atoms with Gasteiger partial charge in [-0.15, -0.1) is 11.3 Å². The Labute approximate surface area is 107 Å². The number of rotatable bonds is 2. The Morgan fingerprint density at radius 1 is 1.33 bits per heavy atom. The van der Waals surface area contributed by atoms with Crippen LogP contribution in [0.25, 0.3) is 22.3 Å². The standard InChI is InChI=1S/C12H10N4OS/c1-7-6-18-10(9(7)13)12-15-11(16-17-12)8-4-2-3-5-14-8/h2-6H,13H2,1H3. The molecule has 0 aliphatic heterocycles. The molecule has 3 heterocycles. The fourth-order valence-corrected chi connectivity index (χ4v) is 2.43. The largest absolute Gasteiger partial charge is 0.397 e. The summed E-state index contributed by atoms with van der Waals surface area (Å²) in [5.41, 5.74) is 8.34. The number of aryl methyl sites for hydroxylation is 1. The molecule has 0 aliphatic carbocycles. The van der Waals surface area contributed by atoms with Gasteiger partial charge < -0.3 is 10.3 Å². The van der Waals surface area contributed by atoms with Gasteiger partial charge in [0.2, 0.25) is 5.82 Å². The third-order valence-electron chi connectivity index (χ3n) is 2.54. The molecule has 90 valence electrons. The first kappa shape index (κ1) is 10.9. The Kier molecular flexibility index (Phi) is 2.56. The van der Waals surface area contributed by atoms with E-state index in [2.05, 4.69) is 15.1 Å². The second kappa shape index (κ2) is 4.23. The van der Waals surface area contributed by atoms with Crippen LogP contribution in [-0.2, 0) is 0 Å².